The van der Waals surface area contributed by atoms with E-state index in [1.54, 1.807) is 6.33 Å². The molecule has 1 aliphatic rings. The van der Waals surface area contributed by atoms with Gasteiger partial charge in [-0.25, -0.2) is 4.98 Å². The van der Waals surface area contributed by atoms with E-state index in [4.69, 9.17) is 5.73 Å². The minimum Gasteiger partial charge on any atom is -0.327 e. The largest absolute Gasteiger partial charge is 0.327 e. The fraction of sp³-hybridized carbons (Fsp3) is 0.867. The van der Waals surface area contributed by atoms with E-state index in [2.05, 4.69) is 30.9 Å². The van der Waals surface area contributed by atoms with Gasteiger partial charge in [0.2, 0.25) is 0 Å². The third-order valence-corrected chi connectivity index (χ3v) is 4.54. The molecule has 19 heavy (non-hydrogen) atoms. The van der Waals surface area contributed by atoms with E-state index in [-0.39, 0.29) is 6.04 Å². The van der Waals surface area contributed by atoms with Gasteiger partial charge in [-0.1, -0.05) is 20.8 Å². The molecule has 0 aromatic carbocycles. The van der Waals surface area contributed by atoms with Crippen molar-refractivity contribution in [2.24, 2.45) is 17.1 Å². The van der Waals surface area contributed by atoms with Crippen LogP contribution in [-0.4, -0.2) is 20.8 Å². The van der Waals surface area contributed by atoms with Crippen LogP contribution in [0.15, 0.2) is 6.33 Å². The maximum Gasteiger partial charge on any atom is 0.138 e. The number of nitrogens with zero attached hydrogens (tertiary/aromatic N) is 3. The van der Waals surface area contributed by atoms with Crippen molar-refractivity contribution < 1.29 is 0 Å². The molecule has 1 heterocycles. The molecular weight excluding hydrogens is 236 g/mol. The van der Waals surface area contributed by atoms with Gasteiger partial charge >= 0.3 is 0 Å². The Morgan fingerprint density at radius 2 is 2.11 bits per heavy atom. The maximum atomic E-state index is 6.41. The lowest BCUT2D eigenvalue weighted by atomic mass is 9.71. The predicted molar refractivity (Wildman–Crippen MR) is 77.7 cm³/mol. The van der Waals surface area contributed by atoms with Crippen LogP contribution in [0.25, 0.3) is 0 Å². The highest BCUT2D eigenvalue weighted by Gasteiger charge is 2.30. The predicted octanol–water partition coefficient (Wildman–Crippen LogP) is 2.77. The molecule has 1 unspecified atom stereocenters. The Bertz CT molecular complexity index is 387. The molecule has 1 saturated carbocycles. The second-order valence-corrected chi connectivity index (χ2v) is 6.77. The summed E-state index contributed by atoms with van der Waals surface area (Å²) in [5.41, 5.74) is 6.92. The van der Waals surface area contributed by atoms with Crippen LogP contribution in [0.4, 0.5) is 0 Å². The number of aryl methyl sites for hydroxylation is 1. The molecule has 108 valence electrons. The number of hydrogen-bond donors (Lipinski definition) is 1. The zero-order valence-corrected chi connectivity index (χ0v) is 12.6. The van der Waals surface area contributed by atoms with Gasteiger partial charge in [0.1, 0.15) is 12.2 Å². The van der Waals surface area contributed by atoms with Crippen molar-refractivity contribution in [3.8, 4) is 0 Å². The minimum atomic E-state index is 0.232. The number of nitrogens with two attached hydrogens (primary N) is 1. The van der Waals surface area contributed by atoms with E-state index in [1.807, 2.05) is 4.68 Å². The lowest BCUT2D eigenvalue weighted by molar-refractivity contribution is 0.172. The number of aromatic nitrogens is 3. The van der Waals surface area contributed by atoms with Gasteiger partial charge in [-0.3, -0.25) is 4.68 Å². The quantitative estimate of drug-likeness (QED) is 0.889. The van der Waals surface area contributed by atoms with Crippen LogP contribution in [-0.2, 0) is 13.0 Å². The Kier molecular flexibility index (Phi) is 4.61. The summed E-state index contributed by atoms with van der Waals surface area (Å²) in [7, 11) is 0. The van der Waals surface area contributed by atoms with Crippen LogP contribution in [0.2, 0.25) is 0 Å². The second-order valence-electron chi connectivity index (χ2n) is 6.77. The van der Waals surface area contributed by atoms with Gasteiger partial charge in [-0.15, -0.1) is 0 Å². The summed E-state index contributed by atoms with van der Waals surface area (Å²) in [6, 6.07) is 0.232. The van der Waals surface area contributed by atoms with Crippen molar-refractivity contribution in [3.05, 3.63) is 12.2 Å². The molecule has 2 N–H and O–H groups in total. The highest BCUT2D eigenvalue weighted by molar-refractivity contribution is 4.93. The maximum absolute atomic E-state index is 6.41. The Balaban J connectivity index is 1.90. The van der Waals surface area contributed by atoms with Crippen LogP contribution >= 0.6 is 0 Å². The van der Waals surface area contributed by atoms with Crippen LogP contribution in [0.3, 0.4) is 0 Å². The minimum absolute atomic E-state index is 0.232. The van der Waals surface area contributed by atoms with E-state index in [9.17, 15) is 0 Å². The molecule has 1 aliphatic carbocycles. The first kappa shape index (κ1) is 14.5. The molecule has 1 aromatic heterocycles. The number of rotatable bonds is 5. The molecule has 1 aromatic rings. The highest BCUT2D eigenvalue weighted by Crippen LogP contribution is 2.39. The van der Waals surface area contributed by atoms with Gasteiger partial charge in [0.05, 0.1) is 0 Å². The van der Waals surface area contributed by atoms with Gasteiger partial charge in [0, 0.05) is 19.0 Å². The van der Waals surface area contributed by atoms with E-state index in [0.29, 0.717) is 11.3 Å². The van der Waals surface area contributed by atoms with Gasteiger partial charge < -0.3 is 5.73 Å². The van der Waals surface area contributed by atoms with Gasteiger partial charge in [-0.05, 0) is 43.4 Å². The first-order valence-electron chi connectivity index (χ1n) is 7.64. The normalized spacial score (nSPS) is 21.5. The molecule has 0 spiro atoms. The fourth-order valence-corrected chi connectivity index (χ4v) is 3.07. The Labute approximate surface area is 116 Å². The standard InChI is InChI=1S/C15H28N4/c1-4-9-19-14(17-11-18-19)10-13(16)12-5-7-15(2,3)8-6-12/h11-13H,4-10,16H2,1-3H3. The van der Waals surface area contributed by atoms with E-state index in [0.717, 1.165) is 25.2 Å². The summed E-state index contributed by atoms with van der Waals surface area (Å²) in [6.07, 6.45) is 8.72. The monoisotopic (exact) mass is 264 g/mol. The summed E-state index contributed by atoms with van der Waals surface area (Å²) >= 11 is 0. The van der Waals surface area contributed by atoms with Gasteiger partial charge in [0.15, 0.2) is 0 Å². The van der Waals surface area contributed by atoms with Crippen LogP contribution in [0.5, 0.6) is 0 Å². The molecule has 4 nitrogen and oxygen atoms in total. The third kappa shape index (κ3) is 3.78. The molecule has 0 bridgehead atoms. The van der Waals surface area contributed by atoms with E-state index >= 15 is 0 Å². The number of hydrogen-bond acceptors (Lipinski definition) is 3. The van der Waals surface area contributed by atoms with E-state index in [1.165, 1.54) is 25.7 Å². The Hall–Kier alpha value is -0.900. The molecule has 0 saturated heterocycles. The summed E-state index contributed by atoms with van der Waals surface area (Å²) in [5, 5.41) is 4.28. The van der Waals surface area contributed by atoms with Gasteiger partial charge in [0.25, 0.3) is 0 Å². The van der Waals surface area contributed by atoms with Crippen molar-refractivity contribution in [1.29, 1.82) is 0 Å². The molecule has 0 radical (unpaired) electrons. The van der Waals surface area contributed by atoms with Crippen LogP contribution in [0.1, 0.15) is 58.7 Å². The first-order chi connectivity index (χ1) is 9.02. The van der Waals surface area contributed by atoms with Crippen molar-refractivity contribution in [2.45, 2.75) is 71.9 Å². The Morgan fingerprint density at radius 1 is 1.42 bits per heavy atom. The third-order valence-electron chi connectivity index (χ3n) is 4.54. The van der Waals surface area contributed by atoms with Crippen molar-refractivity contribution >= 4 is 0 Å². The lowest BCUT2D eigenvalue weighted by Crippen LogP contribution is -2.37. The molecule has 0 amide bonds. The van der Waals surface area contributed by atoms with Crippen molar-refractivity contribution in [2.75, 3.05) is 0 Å². The van der Waals surface area contributed by atoms with Crippen LogP contribution in [0, 0.1) is 11.3 Å². The zero-order chi connectivity index (χ0) is 13.9. The van der Waals surface area contributed by atoms with Crippen LogP contribution < -0.4 is 5.73 Å². The summed E-state index contributed by atoms with van der Waals surface area (Å²) in [6.45, 7) is 7.84. The fourth-order valence-electron chi connectivity index (χ4n) is 3.07. The molecule has 1 fully saturated rings. The summed E-state index contributed by atoms with van der Waals surface area (Å²) in [5.74, 6) is 1.71. The first-order valence-corrected chi connectivity index (χ1v) is 7.64. The van der Waals surface area contributed by atoms with Crippen molar-refractivity contribution in [1.82, 2.24) is 14.8 Å². The van der Waals surface area contributed by atoms with Gasteiger partial charge in [-0.2, -0.15) is 5.10 Å². The zero-order valence-electron chi connectivity index (χ0n) is 12.6. The van der Waals surface area contributed by atoms with E-state index < -0.39 is 0 Å². The Morgan fingerprint density at radius 3 is 2.74 bits per heavy atom. The molecule has 0 aliphatic heterocycles. The average molecular weight is 264 g/mol. The highest BCUT2D eigenvalue weighted by atomic mass is 15.3. The molecule has 1 atom stereocenters. The summed E-state index contributed by atoms with van der Waals surface area (Å²) < 4.78 is 2.01. The second kappa shape index (κ2) is 6.04. The lowest BCUT2D eigenvalue weighted by Gasteiger charge is -2.36. The molecular formula is C15H28N4. The van der Waals surface area contributed by atoms with Crippen molar-refractivity contribution in [3.63, 3.8) is 0 Å². The summed E-state index contributed by atoms with van der Waals surface area (Å²) in [4.78, 5) is 4.37. The SMILES string of the molecule is CCCn1ncnc1CC(N)C1CCC(C)(C)CC1. The average Bonchev–Trinajstić information content (AvgIpc) is 2.77. The smallest absolute Gasteiger partial charge is 0.138 e. The molecule has 2 rings (SSSR count). The molecule has 4 heteroatoms. The topological polar surface area (TPSA) is 56.7 Å².